The largest absolute Gasteiger partial charge is 0.308 e. The molecule has 1 aromatic rings. The quantitative estimate of drug-likeness (QED) is 0.757. The van der Waals surface area contributed by atoms with E-state index >= 15 is 0 Å². The molecule has 0 saturated carbocycles. The SMILES string of the molecule is C=CCSC(=O)Nc1cccs1. The van der Waals surface area contributed by atoms with Gasteiger partial charge < -0.3 is 5.32 Å². The Balaban J connectivity index is 2.32. The summed E-state index contributed by atoms with van der Waals surface area (Å²) in [4.78, 5) is 11.1. The summed E-state index contributed by atoms with van der Waals surface area (Å²) in [5.74, 6) is 0.650. The smallest absolute Gasteiger partial charge is 0.284 e. The van der Waals surface area contributed by atoms with E-state index < -0.39 is 0 Å². The van der Waals surface area contributed by atoms with Gasteiger partial charge in [0.2, 0.25) is 0 Å². The van der Waals surface area contributed by atoms with Crippen LogP contribution in [-0.2, 0) is 0 Å². The van der Waals surface area contributed by atoms with Gasteiger partial charge in [0.05, 0.1) is 5.00 Å². The van der Waals surface area contributed by atoms with Gasteiger partial charge in [0.25, 0.3) is 5.24 Å². The van der Waals surface area contributed by atoms with Crippen LogP contribution in [0.4, 0.5) is 9.80 Å². The van der Waals surface area contributed by atoms with Crippen molar-refractivity contribution >= 4 is 33.3 Å². The van der Waals surface area contributed by atoms with Gasteiger partial charge in [-0.25, -0.2) is 0 Å². The Hall–Kier alpha value is -0.740. The van der Waals surface area contributed by atoms with E-state index in [2.05, 4.69) is 11.9 Å². The van der Waals surface area contributed by atoms with E-state index in [0.29, 0.717) is 5.75 Å². The fourth-order valence-electron chi connectivity index (χ4n) is 0.621. The average Bonchev–Trinajstić information content (AvgIpc) is 2.53. The molecule has 0 bridgehead atoms. The van der Waals surface area contributed by atoms with Crippen LogP contribution in [0.3, 0.4) is 0 Å². The van der Waals surface area contributed by atoms with E-state index in [9.17, 15) is 4.79 Å². The third-order valence-corrected chi connectivity index (χ3v) is 2.63. The molecule has 12 heavy (non-hydrogen) atoms. The Morgan fingerprint density at radius 1 is 1.83 bits per heavy atom. The van der Waals surface area contributed by atoms with Gasteiger partial charge >= 0.3 is 0 Å². The minimum Gasteiger partial charge on any atom is -0.308 e. The third kappa shape index (κ3) is 3.11. The molecule has 1 heterocycles. The van der Waals surface area contributed by atoms with Crippen LogP contribution in [0.5, 0.6) is 0 Å². The van der Waals surface area contributed by atoms with Gasteiger partial charge in [-0.1, -0.05) is 17.8 Å². The molecule has 0 atom stereocenters. The first-order valence-corrected chi connectivity index (χ1v) is 5.27. The highest BCUT2D eigenvalue weighted by molar-refractivity contribution is 8.14. The molecule has 0 unspecified atom stereocenters. The van der Waals surface area contributed by atoms with Crippen molar-refractivity contribution < 1.29 is 4.79 Å². The molecule has 1 rings (SSSR count). The van der Waals surface area contributed by atoms with Gasteiger partial charge in [0.15, 0.2) is 0 Å². The van der Waals surface area contributed by atoms with Gasteiger partial charge in [-0.3, -0.25) is 4.79 Å². The van der Waals surface area contributed by atoms with Gasteiger partial charge in [0.1, 0.15) is 0 Å². The highest BCUT2D eigenvalue weighted by Gasteiger charge is 2.00. The third-order valence-electron chi connectivity index (χ3n) is 1.08. The number of amides is 1. The molecule has 0 fully saturated rings. The topological polar surface area (TPSA) is 29.1 Å². The number of hydrogen-bond acceptors (Lipinski definition) is 3. The fourth-order valence-corrected chi connectivity index (χ4v) is 1.75. The molecule has 0 aliphatic carbocycles. The Bertz CT molecular complexity index is 256. The Kier molecular flexibility index (Phi) is 3.90. The van der Waals surface area contributed by atoms with Crippen molar-refractivity contribution in [2.24, 2.45) is 0 Å². The van der Waals surface area contributed by atoms with E-state index in [-0.39, 0.29) is 5.24 Å². The van der Waals surface area contributed by atoms with Crippen molar-refractivity contribution in [1.29, 1.82) is 0 Å². The van der Waals surface area contributed by atoms with Crippen molar-refractivity contribution in [3.05, 3.63) is 30.2 Å². The molecule has 0 aromatic carbocycles. The second-order valence-electron chi connectivity index (χ2n) is 1.99. The molecule has 0 aliphatic rings. The van der Waals surface area contributed by atoms with Crippen LogP contribution in [0.1, 0.15) is 0 Å². The Labute approximate surface area is 79.7 Å². The van der Waals surface area contributed by atoms with Crippen molar-refractivity contribution in [3.63, 3.8) is 0 Å². The first kappa shape index (κ1) is 9.35. The monoisotopic (exact) mass is 199 g/mol. The number of thiophene rings is 1. The maximum Gasteiger partial charge on any atom is 0.284 e. The molecule has 1 amide bonds. The van der Waals surface area contributed by atoms with Gasteiger partial charge in [-0.05, 0) is 17.5 Å². The normalized spacial score (nSPS) is 9.33. The maximum absolute atomic E-state index is 11.1. The average molecular weight is 199 g/mol. The summed E-state index contributed by atoms with van der Waals surface area (Å²) in [6.07, 6.45) is 1.71. The predicted octanol–water partition coefficient (Wildman–Crippen LogP) is 3.20. The molecular weight excluding hydrogens is 190 g/mol. The summed E-state index contributed by atoms with van der Waals surface area (Å²) in [5.41, 5.74) is 0. The van der Waals surface area contributed by atoms with E-state index in [4.69, 9.17) is 0 Å². The molecule has 0 spiro atoms. The van der Waals surface area contributed by atoms with Crippen LogP contribution in [-0.4, -0.2) is 11.0 Å². The second kappa shape index (κ2) is 5.00. The van der Waals surface area contributed by atoms with Gasteiger partial charge in [0, 0.05) is 5.75 Å². The molecule has 2 nitrogen and oxygen atoms in total. The number of rotatable bonds is 3. The zero-order valence-electron chi connectivity index (χ0n) is 6.45. The predicted molar refractivity (Wildman–Crippen MR) is 56.0 cm³/mol. The number of carbonyl (C=O) groups is 1. The lowest BCUT2D eigenvalue weighted by molar-refractivity contribution is 0.270. The standard InChI is InChI=1S/C8H9NOS2/c1-2-5-12-8(10)9-7-4-3-6-11-7/h2-4,6H,1,5H2,(H,9,10). The van der Waals surface area contributed by atoms with Crippen LogP contribution in [0.2, 0.25) is 0 Å². The molecule has 1 N–H and O–H groups in total. The summed E-state index contributed by atoms with van der Waals surface area (Å²) in [6.45, 7) is 3.53. The van der Waals surface area contributed by atoms with Crippen LogP contribution in [0, 0.1) is 0 Å². The summed E-state index contributed by atoms with van der Waals surface area (Å²) < 4.78 is 0. The molecule has 0 radical (unpaired) electrons. The minimum absolute atomic E-state index is 0.0302. The fraction of sp³-hybridized carbons (Fsp3) is 0.125. The maximum atomic E-state index is 11.1. The van der Waals surface area contributed by atoms with E-state index in [0.717, 1.165) is 5.00 Å². The summed E-state index contributed by atoms with van der Waals surface area (Å²) in [6, 6.07) is 3.77. The number of anilines is 1. The van der Waals surface area contributed by atoms with Crippen LogP contribution in [0.15, 0.2) is 30.2 Å². The van der Waals surface area contributed by atoms with Crippen LogP contribution in [0.25, 0.3) is 0 Å². The van der Waals surface area contributed by atoms with E-state index in [1.165, 1.54) is 23.1 Å². The van der Waals surface area contributed by atoms with Crippen molar-refractivity contribution in [2.75, 3.05) is 11.1 Å². The van der Waals surface area contributed by atoms with Gasteiger partial charge in [-0.15, -0.1) is 17.9 Å². The minimum atomic E-state index is -0.0302. The number of thioether (sulfide) groups is 1. The van der Waals surface area contributed by atoms with E-state index in [1.807, 2.05) is 17.5 Å². The Morgan fingerprint density at radius 2 is 2.67 bits per heavy atom. The molecular formula is C8H9NOS2. The lowest BCUT2D eigenvalue weighted by atomic mass is 10.6. The first-order valence-electron chi connectivity index (χ1n) is 3.41. The number of nitrogens with one attached hydrogen (secondary N) is 1. The van der Waals surface area contributed by atoms with Gasteiger partial charge in [-0.2, -0.15) is 0 Å². The van der Waals surface area contributed by atoms with Crippen LogP contribution >= 0.6 is 23.1 Å². The second-order valence-corrected chi connectivity index (χ2v) is 3.93. The highest BCUT2D eigenvalue weighted by Crippen LogP contribution is 2.17. The van der Waals surface area contributed by atoms with E-state index in [1.54, 1.807) is 6.08 Å². The number of hydrogen-bond donors (Lipinski definition) is 1. The number of carbonyl (C=O) groups excluding carboxylic acids is 1. The molecule has 4 heteroatoms. The van der Waals surface area contributed by atoms with Crippen molar-refractivity contribution in [1.82, 2.24) is 0 Å². The lowest BCUT2D eigenvalue weighted by Gasteiger charge is -1.98. The van der Waals surface area contributed by atoms with Crippen LogP contribution < -0.4 is 5.32 Å². The molecule has 0 aliphatic heterocycles. The summed E-state index contributed by atoms with van der Waals surface area (Å²) >= 11 is 2.73. The summed E-state index contributed by atoms with van der Waals surface area (Å²) in [7, 11) is 0. The molecule has 0 saturated heterocycles. The summed E-state index contributed by atoms with van der Waals surface area (Å²) in [5, 5.41) is 5.53. The Morgan fingerprint density at radius 3 is 3.25 bits per heavy atom. The highest BCUT2D eigenvalue weighted by atomic mass is 32.2. The van der Waals surface area contributed by atoms with Crippen molar-refractivity contribution in [2.45, 2.75) is 0 Å². The molecule has 64 valence electrons. The zero-order chi connectivity index (χ0) is 8.81. The lowest BCUT2D eigenvalue weighted by Crippen LogP contribution is -2.03. The first-order chi connectivity index (χ1) is 5.83. The molecule has 1 aromatic heterocycles. The zero-order valence-corrected chi connectivity index (χ0v) is 8.08. The van der Waals surface area contributed by atoms with Crippen molar-refractivity contribution in [3.8, 4) is 0 Å².